The highest BCUT2D eigenvalue weighted by Gasteiger charge is 2.34. The number of anilines is 1. The van der Waals surface area contributed by atoms with E-state index in [0.717, 1.165) is 5.69 Å². The van der Waals surface area contributed by atoms with E-state index in [2.05, 4.69) is 10.6 Å². The van der Waals surface area contributed by atoms with Crippen LogP contribution in [0.25, 0.3) is 0 Å². The van der Waals surface area contributed by atoms with Gasteiger partial charge in [0.2, 0.25) is 17.7 Å². The average molecular weight is 317 g/mol. The van der Waals surface area contributed by atoms with Gasteiger partial charge in [-0.15, -0.1) is 0 Å². The van der Waals surface area contributed by atoms with Crippen LogP contribution < -0.4 is 15.5 Å². The Balaban J connectivity index is 1.78. The number of rotatable bonds is 6. The lowest BCUT2D eigenvalue weighted by Gasteiger charge is -2.16. The molecule has 124 valence electrons. The summed E-state index contributed by atoms with van der Waals surface area (Å²) in [6.45, 7) is 4.79. The van der Waals surface area contributed by atoms with Gasteiger partial charge in [0.05, 0.1) is 5.92 Å². The van der Waals surface area contributed by atoms with Crippen molar-refractivity contribution >= 4 is 23.4 Å². The van der Waals surface area contributed by atoms with Crippen molar-refractivity contribution in [3.63, 3.8) is 0 Å². The molecule has 1 atom stereocenters. The SMILES string of the molecule is CC(C)C(=O)NCCNC(=O)[C@H]1CC(=O)N(c2ccccc2)C1. The molecule has 2 rings (SSSR count). The van der Waals surface area contributed by atoms with E-state index in [9.17, 15) is 14.4 Å². The van der Waals surface area contributed by atoms with Gasteiger partial charge in [-0.05, 0) is 12.1 Å². The van der Waals surface area contributed by atoms with Gasteiger partial charge in [0.25, 0.3) is 0 Å². The van der Waals surface area contributed by atoms with Gasteiger partial charge in [-0.3, -0.25) is 14.4 Å². The Kier molecular flexibility index (Phi) is 5.73. The minimum atomic E-state index is -0.344. The molecule has 1 fully saturated rings. The summed E-state index contributed by atoms with van der Waals surface area (Å²) in [6.07, 6.45) is 0.221. The van der Waals surface area contributed by atoms with E-state index < -0.39 is 0 Å². The van der Waals surface area contributed by atoms with E-state index in [0.29, 0.717) is 19.6 Å². The monoisotopic (exact) mass is 317 g/mol. The van der Waals surface area contributed by atoms with Gasteiger partial charge >= 0.3 is 0 Å². The van der Waals surface area contributed by atoms with E-state index in [1.807, 2.05) is 44.2 Å². The van der Waals surface area contributed by atoms with Gasteiger partial charge in [0.15, 0.2) is 0 Å². The van der Waals surface area contributed by atoms with Crippen molar-refractivity contribution in [3.8, 4) is 0 Å². The maximum absolute atomic E-state index is 12.1. The van der Waals surface area contributed by atoms with Crippen molar-refractivity contribution in [1.29, 1.82) is 0 Å². The van der Waals surface area contributed by atoms with Crippen LogP contribution in [0.4, 0.5) is 5.69 Å². The summed E-state index contributed by atoms with van der Waals surface area (Å²) in [5, 5.41) is 5.52. The fourth-order valence-corrected chi connectivity index (χ4v) is 2.46. The third-order valence-corrected chi connectivity index (χ3v) is 3.81. The van der Waals surface area contributed by atoms with Crippen molar-refractivity contribution in [2.24, 2.45) is 11.8 Å². The van der Waals surface area contributed by atoms with E-state index in [4.69, 9.17) is 0 Å². The zero-order valence-electron chi connectivity index (χ0n) is 13.5. The number of carbonyl (C=O) groups is 3. The molecule has 23 heavy (non-hydrogen) atoms. The zero-order chi connectivity index (χ0) is 16.8. The van der Waals surface area contributed by atoms with E-state index in [1.54, 1.807) is 4.90 Å². The number of benzene rings is 1. The molecular weight excluding hydrogens is 294 g/mol. The molecule has 0 unspecified atom stereocenters. The third kappa shape index (κ3) is 4.55. The van der Waals surface area contributed by atoms with Crippen molar-refractivity contribution in [3.05, 3.63) is 30.3 Å². The fourth-order valence-electron chi connectivity index (χ4n) is 2.46. The number of hydrogen-bond acceptors (Lipinski definition) is 3. The van der Waals surface area contributed by atoms with Crippen molar-refractivity contribution in [1.82, 2.24) is 10.6 Å². The maximum atomic E-state index is 12.1. The van der Waals surface area contributed by atoms with Crippen LogP contribution in [0, 0.1) is 11.8 Å². The molecule has 1 aliphatic heterocycles. The first-order valence-electron chi connectivity index (χ1n) is 7.90. The summed E-state index contributed by atoms with van der Waals surface area (Å²) in [5.74, 6) is -0.633. The molecule has 0 spiro atoms. The van der Waals surface area contributed by atoms with Gasteiger partial charge in [-0.2, -0.15) is 0 Å². The number of nitrogens with one attached hydrogen (secondary N) is 2. The Bertz CT molecular complexity index is 572. The summed E-state index contributed by atoms with van der Waals surface area (Å²) >= 11 is 0. The Labute approximate surface area is 136 Å². The van der Waals surface area contributed by atoms with Crippen LogP contribution in [-0.4, -0.2) is 37.4 Å². The number of nitrogens with zero attached hydrogens (tertiary/aromatic N) is 1. The summed E-state index contributed by atoms with van der Waals surface area (Å²) < 4.78 is 0. The van der Waals surface area contributed by atoms with E-state index in [-0.39, 0.29) is 36.0 Å². The van der Waals surface area contributed by atoms with Crippen molar-refractivity contribution in [2.75, 3.05) is 24.5 Å². The Morgan fingerprint density at radius 2 is 1.83 bits per heavy atom. The normalized spacial score (nSPS) is 17.4. The Morgan fingerprint density at radius 1 is 1.17 bits per heavy atom. The topological polar surface area (TPSA) is 78.5 Å². The number of para-hydroxylation sites is 1. The van der Waals surface area contributed by atoms with Crippen molar-refractivity contribution < 1.29 is 14.4 Å². The summed E-state index contributed by atoms with van der Waals surface area (Å²) in [7, 11) is 0. The van der Waals surface area contributed by atoms with Gasteiger partial charge in [-0.25, -0.2) is 0 Å². The number of hydrogen-bond donors (Lipinski definition) is 2. The van der Waals surface area contributed by atoms with Crippen LogP contribution in [0.3, 0.4) is 0 Å². The molecule has 0 aliphatic carbocycles. The van der Waals surface area contributed by atoms with Gasteiger partial charge in [0.1, 0.15) is 0 Å². The van der Waals surface area contributed by atoms with Gasteiger partial charge in [0, 0.05) is 37.7 Å². The molecule has 1 aromatic carbocycles. The number of amides is 3. The molecule has 3 amide bonds. The molecule has 6 heteroatoms. The smallest absolute Gasteiger partial charge is 0.227 e. The molecule has 6 nitrogen and oxygen atoms in total. The second-order valence-electron chi connectivity index (χ2n) is 5.98. The molecule has 1 heterocycles. The highest BCUT2D eigenvalue weighted by atomic mass is 16.2. The van der Waals surface area contributed by atoms with E-state index in [1.165, 1.54) is 0 Å². The molecule has 0 bridgehead atoms. The zero-order valence-corrected chi connectivity index (χ0v) is 13.5. The highest BCUT2D eigenvalue weighted by molar-refractivity contribution is 6.00. The minimum Gasteiger partial charge on any atom is -0.354 e. The standard InChI is InChI=1S/C17H23N3O3/c1-12(2)16(22)18-8-9-19-17(23)13-10-15(21)20(11-13)14-6-4-3-5-7-14/h3-7,12-13H,8-11H2,1-2H3,(H,18,22)(H,19,23)/t13-/m0/s1. The summed E-state index contributed by atoms with van der Waals surface area (Å²) in [5.41, 5.74) is 0.817. The van der Waals surface area contributed by atoms with Gasteiger partial charge in [-0.1, -0.05) is 32.0 Å². The average Bonchev–Trinajstić information content (AvgIpc) is 2.93. The van der Waals surface area contributed by atoms with Crippen molar-refractivity contribution in [2.45, 2.75) is 20.3 Å². The predicted molar refractivity (Wildman–Crippen MR) is 87.8 cm³/mol. The third-order valence-electron chi connectivity index (χ3n) is 3.81. The van der Waals surface area contributed by atoms with Crippen LogP contribution >= 0.6 is 0 Å². The first-order chi connectivity index (χ1) is 11.0. The lowest BCUT2D eigenvalue weighted by Crippen LogP contribution is -2.39. The molecule has 1 saturated heterocycles. The maximum Gasteiger partial charge on any atom is 0.227 e. The fraction of sp³-hybridized carbons (Fsp3) is 0.471. The van der Waals surface area contributed by atoms with Crippen LogP contribution in [0.1, 0.15) is 20.3 Å². The largest absolute Gasteiger partial charge is 0.354 e. The molecule has 1 aromatic rings. The first-order valence-corrected chi connectivity index (χ1v) is 7.90. The molecule has 1 aliphatic rings. The molecule has 0 aromatic heterocycles. The Hall–Kier alpha value is -2.37. The molecule has 0 radical (unpaired) electrons. The highest BCUT2D eigenvalue weighted by Crippen LogP contribution is 2.24. The summed E-state index contributed by atoms with van der Waals surface area (Å²) in [4.78, 5) is 37.3. The summed E-state index contributed by atoms with van der Waals surface area (Å²) in [6, 6.07) is 9.35. The second kappa shape index (κ2) is 7.76. The molecular formula is C17H23N3O3. The lowest BCUT2D eigenvalue weighted by molar-refractivity contribution is -0.126. The minimum absolute atomic E-state index is 0.0365. The quantitative estimate of drug-likeness (QED) is 0.766. The first kappa shape index (κ1) is 17.0. The van der Waals surface area contributed by atoms with Crippen LogP contribution in [0.2, 0.25) is 0 Å². The number of carbonyl (C=O) groups excluding carboxylic acids is 3. The second-order valence-corrected chi connectivity index (χ2v) is 5.98. The predicted octanol–water partition coefficient (Wildman–Crippen LogP) is 0.928. The van der Waals surface area contributed by atoms with Gasteiger partial charge < -0.3 is 15.5 Å². The van der Waals surface area contributed by atoms with Crippen LogP contribution in [0.5, 0.6) is 0 Å². The Morgan fingerprint density at radius 3 is 2.48 bits per heavy atom. The van der Waals surface area contributed by atoms with E-state index >= 15 is 0 Å². The lowest BCUT2D eigenvalue weighted by atomic mass is 10.1. The molecule has 0 saturated carbocycles. The van der Waals surface area contributed by atoms with Crippen LogP contribution in [0.15, 0.2) is 30.3 Å². The molecule has 2 N–H and O–H groups in total. The van der Waals surface area contributed by atoms with Crippen LogP contribution in [-0.2, 0) is 14.4 Å².